The van der Waals surface area contributed by atoms with Gasteiger partial charge in [0.1, 0.15) is 5.25 Å². The third kappa shape index (κ3) is 6.07. The van der Waals surface area contributed by atoms with Gasteiger partial charge in [-0.05, 0) is 43.9 Å². The molecule has 30 heavy (non-hydrogen) atoms. The van der Waals surface area contributed by atoms with Crippen LogP contribution in [0.5, 0.6) is 0 Å². The van der Waals surface area contributed by atoms with E-state index in [1.807, 2.05) is 6.07 Å². The van der Waals surface area contributed by atoms with E-state index in [0.717, 1.165) is 31.1 Å². The number of nitriles is 1. The number of amidine groups is 1. The predicted molar refractivity (Wildman–Crippen MR) is 114 cm³/mol. The van der Waals surface area contributed by atoms with Crippen LogP contribution in [0.4, 0.5) is 5.69 Å². The Balaban J connectivity index is 1.50. The van der Waals surface area contributed by atoms with Crippen molar-refractivity contribution in [2.75, 3.05) is 25.0 Å². The van der Waals surface area contributed by atoms with Crippen molar-refractivity contribution >= 4 is 40.4 Å². The van der Waals surface area contributed by atoms with E-state index in [1.165, 1.54) is 24.2 Å². The van der Waals surface area contributed by atoms with Crippen LogP contribution in [-0.2, 0) is 14.3 Å². The number of carbonyl (C=O) groups is 3. The van der Waals surface area contributed by atoms with Gasteiger partial charge in [0.05, 0.1) is 18.2 Å². The number of ether oxygens (including phenoxy) is 1. The smallest absolute Gasteiger partial charge is 0.338 e. The SMILES string of the molecule is N#CCCCOC(=O)c1cccc(NC(=O)CC2SC(N3CCCCC3)=NC2=O)c1. The summed E-state index contributed by atoms with van der Waals surface area (Å²) in [4.78, 5) is 43.0. The first kappa shape index (κ1) is 21.8. The lowest BCUT2D eigenvalue weighted by atomic mass is 10.1. The van der Waals surface area contributed by atoms with Gasteiger partial charge in [0.15, 0.2) is 5.17 Å². The fraction of sp³-hybridized carbons (Fsp3) is 0.476. The topological polar surface area (TPSA) is 112 Å². The maximum absolute atomic E-state index is 12.4. The molecule has 8 nitrogen and oxygen atoms in total. The molecule has 1 aromatic carbocycles. The highest BCUT2D eigenvalue weighted by Gasteiger charge is 2.33. The van der Waals surface area contributed by atoms with Crippen molar-refractivity contribution in [1.82, 2.24) is 4.90 Å². The summed E-state index contributed by atoms with van der Waals surface area (Å²) in [6.45, 7) is 1.97. The highest BCUT2D eigenvalue weighted by atomic mass is 32.2. The summed E-state index contributed by atoms with van der Waals surface area (Å²) in [6.07, 6.45) is 4.21. The van der Waals surface area contributed by atoms with E-state index in [9.17, 15) is 14.4 Å². The summed E-state index contributed by atoms with van der Waals surface area (Å²) in [5, 5.41) is 11.4. The third-order valence-electron chi connectivity index (χ3n) is 4.77. The van der Waals surface area contributed by atoms with E-state index < -0.39 is 11.2 Å². The zero-order valence-electron chi connectivity index (χ0n) is 16.6. The summed E-state index contributed by atoms with van der Waals surface area (Å²) < 4.78 is 5.11. The number of benzene rings is 1. The van der Waals surface area contributed by atoms with Crippen molar-refractivity contribution in [3.05, 3.63) is 29.8 Å². The normalized spacial score (nSPS) is 18.5. The highest BCUT2D eigenvalue weighted by Crippen LogP contribution is 2.29. The van der Waals surface area contributed by atoms with Gasteiger partial charge < -0.3 is 15.0 Å². The number of piperidine rings is 1. The molecule has 1 aromatic rings. The summed E-state index contributed by atoms with van der Waals surface area (Å²) in [5.74, 6) is -1.09. The second-order valence-electron chi connectivity index (χ2n) is 7.12. The Hall–Kier alpha value is -2.86. The zero-order chi connectivity index (χ0) is 21.3. The average Bonchev–Trinajstić information content (AvgIpc) is 3.12. The number of esters is 1. The highest BCUT2D eigenvalue weighted by molar-refractivity contribution is 8.15. The number of anilines is 1. The number of thioether (sulfide) groups is 1. The minimum absolute atomic E-state index is 0.0210. The van der Waals surface area contributed by atoms with Crippen molar-refractivity contribution < 1.29 is 19.1 Å². The third-order valence-corrected chi connectivity index (χ3v) is 5.99. The van der Waals surface area contributed by atoms with Gasteiger partial charge in [-0.25, -0.2) is 4.79 Å². The number of aliphatic imine (C=N–C) groups is 1. The molecule has 3 rings (SSSR count). The van der Waals surface area contributed by atoms with Crippen LogP contribution < -0.4 is 5.32 Å². The van der Waals surface area contributed by atoms with E-state index >= 15 is 0 Å². The zero-order valence-corrected chi connectivity index (χ0v) is 17.5. The minimum Gasteiger partial charge on any atom is -0.462 e. The molecule has 1 fully saturated rings. The Labute approximate surface area is 179 Å². The quantitative estimate of drug-likeness (QED) is 0.525. The Kier molecular flexibility index (Phi) is 7.85. The van der Waals surface area contributed by atoms with Gasteiger partial charge >= 0.3 is 5.97 Å². The maximum Gasteiger partial charge on any atom is 0.338 e. The van der Waals surface area contributed by atoms with Crippen LogP contribution in [0.2, 0.25) is 0 Å². The first-order valence-electron chi connectivity index (χ1n) is 10.0. The molecule has 158 valence electrons. The van der Waals surface area contributed by atoms with Crippen LogP contribution in [0.3, 0.4) is 0 Å². The van der Waals surface area contributed by atoms with Crippen LogP contribution in [0.25, 0.3) is 0 Å². The number of likely N-dealkylation sites (tertiary alicyclic amines) is 1. The summed E-state index contributed by atoms with van der Waals surface area (Å²) in [5.41, 5.74) is 0.769. The van der Waals surface area contributed by atoms with Gasteiger partial charge in [0, 0.05) is 31.6 Å². The van der Waals surface area contributed by atoms with Crippen molar-refractivity contribution in [3.63, 3.8) is 0 Å². The summed E-state index contributed by atoms with van der Waals surface area (Å²) in [7, 11) is 0. The molecule has 2 amide bonds. The Morgan fingerprint density at radius 1 is 1.30 bits per heavy atom. The fourth-order valence-electron chi connectivity index (χ4n) is 3.23. The molecule has 1 unspecified atom stereocenters. The largest absolute Gasteiger partial charge is 0.462 e. The lowest BCUT2D eigenvalue weighted by Crippen LogP contribution is -2.33. The Bertz CT molecular complexity index is 874. The van der Waals surface area contributed by atoms with Crippen molar-refractivity contribution in [2.45, 2.75) is 43.8 Å². The molecule has 0 aromatic heterocycles. The number of nitrogens with one attached hydrogen (secondary N) is 1. The second-order valence-corrected chi connectivity index (χ2v) is 8.29. The number of nitrogens with zero attached hydrogens (tertiary/aromatic N) is 3. The molecule has 0 aliphatic carbocycles. The number of hydrogen-bond acceptors (Lipinski definition) is 7. The van der Waals surface area contributed by atoms with Gasteiger partial charge in [-0.3, -0.25) is 9.59 Å². The van der Waals surface area contributed by atoms with Crippen molar-refractivity contribution in [2.24, 2.45) is 4.99 Å². The van der Waals surface area contributed by atoms with E-state index in [0.29, 0.717) is 24.1 Å². The van der Waals surface area contributed by atoms with Crippen molar-refractivity contribution in [3.8, 4) is 6.07 Å². The molecule has 2 aliphatic rings. The number of unbranched alkanes of at least 4 members (excludes halogenated alkanes) is 1. The van der Waals surface area contributed by atoms with E-state index in [4.69, 9.17) is 10.00 Å². The molecular formula is C21H24N4O4S. The molecular weight excluding hydrogens is 404 g/mol. The molecule has 0 radical (unpaired) electrons. The van der Waals surface area contributed by atoms with Gasteiger partial charge in [0.25, 0.3) is 5.91 Å². The average molecular weight is 429 g/mol. The van der Waals surface area contributed by atoms with E-state index in [-0.39, 0.29) is 24.8 Å². The molecule has 1 N–H and O–H groups in total. The summed E-state index contributed by atoms with van der Waals surface area (Å²) >= 11 is 1.35. The molecule has 1 saturated heterocycles. The van der Waals surface area contributed by atoms with Gasteiger partial charge in [-0.1, -0.05) is 17.8 Å². The molecule has 0 spiro atoms. The van der Waals surface area contributed by atoms with Gasteiger partial charge in [0.2, 0.25) is 5.91 Å². The monoisotopic (exact) mass is 428 g/mol. The van der Waals surface area contributed by atoms with Crippen LogP contribution in [0, 0.1) is 11.3 Å². The number of amides is 2. The molecule has 9 heteroatoms. The minimum atomic E-state index is -0.518. The molecule has 0 saturated carbocycles. The number of rotatable bonds is 7. The van der Waals surface area contributed by atoms with Crippen molar-refractivity contribution in [1.29, 1.82) is 5.26 Å². The second kappa shape index (κ2) is 10.8. The van der Waals surface area contributed by atoms with Crippen LogP contribution in [0.15, 0.2) is 29.3 Å². The number of hydrogen-bond donors (Lipinski definition) is 1. The lowest BCUT2D eigenvalue weighted by Gasteiger charge is -2.27. The lowest BCUT2D eigenvalue weighted by molar-refractivity contribution is -0.121. The Morgan fingerprint density at radius 3 is 2.87 bits per heavy atom. The molecule has 2 heterocycles. The molecule has 2 aliphatic heterocycles. The Morgan fingerprint density at radius 2 is 2.10 bits per heavy atom. The van der Waals surface area contributed by atoms with Crippen LogP contribution in [0.1, 0.15) is 48.9 Å². The van der Waals surface area contributed by atoms with E-state index in [1.54, 1.807) is 18.2 Å². The summed E-state index contributed by atoms with van der Waals surface area (Å²) in [6, 6.07) is 8.43. The van der Waals surface area contributed by atoms with E-state index in [2.05, 4.69) is 15.2 Å². The molecule has 1 atom stereocenters. The van der Waals surface area contributed by atoms with Gasteiger partial charge in [-0.15, -0.1) is 0 Å². The predicted octanol–water partition coefficient (Wildman–Crippen LogP) is 2.96. The first-order chi connectivity index (χ1) is 14.6. The van der Waals surface area contributed by atoms with Crippen LogP contribution >= 0.6 is 11.8 Å². The van der Waals surface area contributed by atoms with Crippen LogP contribution in [-0.4, -0.2) is 52.8 Å². The fourth-order valence-corrected chi connectivity index (χ4v) is 4.35. The maximum atomic E-state index is 12.4. The molecule has 0 bridgehead atoms. The number of carbonyl (C=O) groups excluding carboxylic acids is 3. The standard InChI is InChI=1S/C21H24N4O4S/c22-9-2-5-12-29-20(28)15-7-6-8-16(13-15)23-18(26)14-17-19(27)24-21(30-17)25-10-3-1-4-11-25/h6-8,13,17H,1-5,10-12,14H2,(H,23,26). The van der Waals surface area contributed by atoms with Gasteiger partial charge in [-0.2, -0.15) is 10.3 Å². The first-order valence-corrected chi connectivity index (χ1v) is 10.9.